The van der Waals surface area contributed by atoms with Gasteiger partial charge in [-0.05, 0) is 6.42 Å². The van der Waals surface area contributed by atoms with E-state index in [0.717, 1.165) is 0 Å². The number of hydrogen-bond donors (Lipinski definition) is 2. The van der Waals surface area contributed by atoms with Crippen molar-refractivity contribution < 1.29 is 28.0 Å². The third-order valence-electron chi connectivity index (χ3n) is 0.636. The van der Waals surface area contributed by atoms with Gasteiger partial charge < -0.3 is 5.11 Å². The Kier molecular flexibility index (Phi) is 6.76. The van der Waals surface area contributed by atoms with E-state index in [1.807, 2.05) is 0 Å². The lowest BCUT2D eigenvalue weighted by molar-refractivity contribution is 0.225. The van der Waals surface area contributed by atoms with Crippen LogP contribution >= 0.6 is 16.5 Å². The Morgan fingerprint density at radius 1 is 1.36 bits per heavy atom. The lowest BCUT2D eigenvalue weighted by Crippen LogP contribution is -1.90. The third kappa shape index (κ3) is 7.94. The lowest BCUT2D eigenvalue weighted by atomic mass is 10.5. The van der Waals surface area contributed by atoms with Crippen LogP contribution in [0.2, 0.25) is 0 Å². The molecule has 0 saturated heterocycles. The zero-order valence-corrected chi connectivity index (χ0v) is 7.33. The van der Waals surface area contributed by atoms with Gasteiger partial charge in [-0.25, -0.2) is 0 Å². The maximum absolute atomic E-state index is 10.4. The quantitative estimate of drug-likeness (QED) is 0.486. The highest BCUT2D eigenvalue weighted by atomic mass is 31.2. The molecule has 0 saturated carbocycles. The summed E-state index contributed by atoms with van der Waals surface area (Å²) in [6.07, 6.45) is 0.312. The number of rotatable bonds is 6. The highest BCUT2D eigenvalue weighted by molar-refractivity contribution is 7.47. The van der Waals surface area contributed by atoms with Crippen LogP contribution in [0.25, 0.3) is 0 Å². The van der Waals surface area contributed by atoms with Gasteiger partial charge in [-0.15, -0.1) is 9.42 Å². The molecule has 0 bridgehead atoms. The van der Waals surface area contributed by atoms with Crippen LogP contribution in [0.4, 0.5) is 0 Å². The van der Waals surface area contributed by atoms with E-state index < -0.39 is 16.5 Å². The summed E-state index contributed by atoms with van der Waals surface area (Å²) in [4.78, 5) is 8.05. The highest BCUT2D eigenvalue weighted by Crippen LogP contribution is 2.35. The van der Waals surface area contributed by atoms with Crippen LogP contribution in [0.1, 0.15) is 6.42 Å². The molecule has 0 aromatic rings. The SMILES string of the molecule is O=[P+](O)O[P+](=O)OCCCO. The molecule has 2 unspecified atom stereocenters. The monoisotopic (exact) mass is 202 g/mol. The first kappa shape index (κ1) is 11.0. The standard InChI is InChI=1S/C3H7O6P2/c4-2-1-3-8-11(7)9-10(5)6/h4H,1-3H2/q+1/p+1. The summed E-state index contributed by atoms with van der Waals surface area (Å²) in [5.74, 6) is 0. The molecule has 0 aromatic carbocycles. The molecule has 6 nitrogen and oxygen atoms in total. The van der Waals surface area contributed by atoms with Gasteiger partial charge in [0.1, 0.15) is 6.61 Å². The van der Waals surface area contributed by atoms with E-state index in [4.69, 9.17) is 10.00 Å². The number of hydrogen-bond acceptors (Lipinski definition) is 5. The van der Waals surface area contributed by atoms with Gasteiger partial charge in [0.15, 0.2) is 4.31 Å². The molecule has 2 N–H and O–H groups in total. The minimum Gasteiger partial charge on any atom is -0.396 e. The second-order valence-corrected chi connectivity index (χ2v) is 3.29. The Balaban J connectivity index is 3.30. The molecular weight excluding hydrogens is 194 g/mol. The van der Waals surface area contributed by atoms with Crippen molar-refractivity contribution in [3.63, 3.8) is 0 Å². The molecule has 64 valence electrons. The summed E-state index contributed by atoms with van der Waals surface area (Å²) in [5, 5.41) is 8.24. The van der Waals surface area contributed by atoms with E-state index in [1.165, 1.54) is 0 Å². The normalized spacial score (nSPS) is 12.9. The van der Waals surface area contributed by atoms with Crippen LogP contribution < -0.4 is 0 Å². The van der Waals surface area contributed by atoms with E-state index >= 15 is 0 Å². The zero-order valence-electron chi connectivity index (χ0n) is 5.54. The van der Waals surface area contributed by atoms with Crippen LogP contribution in [0, 0.1) is 0 Å². The van der Waals surface area contributed by atoms with Gasteiger partial charge in [0.2, 0.25) is 0 Å². The smallest absolute Gasteiger partial charge is 0.396 e. The average Bonchev–Trinajstić information content (AvgIpc) is 1.86. The summed E-state index contributed by atoms with van der Waals surface area (Å²) in [6, 6.07) is 0. The third-order valence-corrected chi connectivity index (χ3v) is 2.12. The Bertz CT molecular complexity index is 147. The van der Waals surface area contributed by atoms with Crippen LogP contribution in [-0.2, 0) is 18.0 Å². The molecule has 0 heterocycles. The van der Waals surface area contributed by atoms with E-state index in [9.17, 15) is 9.13 Å². The lowest BCUT2D eigenvalue weighted by Gasteiger charge is -1.83. The van der Waals surface area contributed by atoms with Crippen LogP contribution in [0.15, 0.2) is 0 Å². The first-order valence-corrected chi connectivity index (χ1v) is 4.94. The molecule has 0 radical (unpaired) electrons. The predicted octanol–water partition coefficient (Wildman–Crippen LogP) is 0.709. The van der Waals surface area contributed by atoms with Crippen LogP contribution in [-0.4, -0.2) is 23.2 Å². The fourth-order valence-corrected chi connectivity index (χ4v) is 1.21. The molecule has 11 heavy (non-hydrogen) atoms. The second kappa shape index (κ2) is 6.73. The Hall–Kier alpha value is 0.0400. The van der Waals surface area contributed by atoms with Gasteiger partial charge in [0, 0.05) is 15.7 Å². The van der Waals surface area contributed by atoms with E-state index in [2.05, 4.69) is 8.83 Å². The highest BCUT2D eigenvalue weighted by Gasteiger charge is 2.36. The zero-order chi connectivity index (χ0) is 8.69. The summed E-state index contributed by atoms with van der Waals surface area (Å²) >= 11 is 0. The van der Waals surface area contributed by atoms with Crippen LogP contribution in [0.5, 0.6) is 0 Å². The van der Waals surface area contributed by atoms with Crippen LogP contribution in [0.3, 0.4) is 0 Å². The minimum atomic E-state index is -2.88. The summed E-state index contributed by atoms with van der Waals surface area (Å²) in [5.41, 5.74) is 0. The fourth-order valence-electron chi connectivity index (χ4n) is 0.284. The Morgan fingerprint density at radius 3 is 2.45 bits per heavy atom. The summed E-state index contributed by atoms with van der Waals surface area (Å²) in [6.45, 7) is -0.0523. The molecule has 0 amide bonds. The first-order chi connectivity index (χ1) is 5.16. The minimum absolute atomic E-state index is 0.0366. The molecule has 0 aliphatic carbocycles. The van der Waals surface area contributed by atoms with Crippen molar-refractivity contribution in [1.82, 2.24) is 0 Å². The molecule has 2 atom stereocenters. The van der Waals surface area contributed by atoms with Gasteiger partial charge in [-0.2, -0.15) is 0 Å². The molecule has 0 aliphatic heterocycles. The molecule has 0 fully saturated rings. The van der Waals surface area contributed by atoms with Gasteiger partial charge >= 0.3 is 16.5 Å². The Morgan fingerprint density at radius 2 is 2.00 bits per heavy atom. The molecule has 0 spiro atoms. The van der Waals surface area contributed by atoms with Crippen molar-refractivity contribution >= 4 is 16.5 Å². The second-order valence-electron chi connectivity index (χ2n) is 1.45. The number of aliphatic hydroxyl groups is 1. The van der Waals surface area contributed by atoms with Crippen molar-refractivity contribution in [3.05, 3.63) is 0 Å². The maximum atomic E-state index is 10.4. The molecule has 0 aromatic heterocycles. The fraction of sp³-hybridized carbons (Fsp3) is 1.00. The summed E-state index contributed by atoms with van der Waals surface area (Å²) < 4.78 is 28.5. The van der Waals surface area contributed by atoms with Gasteiger partial charge in [-0.1, -0.05) is 0 Å². The van der Waals surface area contributed by atoms with E-state index in [0.29, 0.717) is 6.42 Å². The topological polar surface area (TPSA) is 93.1 Å². The molecule has 8 heteroatoms. The van der Waals surface area contributed by atoms with Crippen molar-refractivity contribution in [1.29, 1.82) is 0 Å². The predicted molar refractivity (Wildman–Crippen MR) is 36.2 cm³/mol. The Labute approximate surface area is 65.0 Å². The molecule has 0 aliphatic rings. The van der Waals surface area contributed by atoms with Gasteiger partial charge in [0.25, 0.3) is 0 Å². The van der Waals surface area contributed by atoms with Crippen molar-refractivity contribution in [3.8, 4) is 0 Å². The average molecular weight is 202 g/mol. The molecular formula is C3H8O6P2+2. The maximum Gasteiger partial charge on any atom is 0.747 e. The number of aliphatic hydroxyl groups excluding tert-OH is 1. The van der Waals surface area contributed by atoms with Crippen molar-refractivity contribution in [2.45, 2.75) is 6.42 Å². The van der Waals surface area contributed by atoms with E-state index in [-0.39, 0.29) is 13.2 Å². The largest absolute Gasteiger partial charge is 0.747 e. The van der Waals surface area contributed by atoms with Gasteiger partial charge in [0.05, 0.1) is 0 Å². The first-order valence-electron chi connectivity index (χ1n) is 2.72. The molecule has 0 rings (SSSR count). The van der Waals surface area contributed by atoms with Crippen molar-refractivity contribution in [2.75, 3.05) is 13.2 Å². The van der Waals surface area contributed by atoms with Crippen molar-refractivity contribution in [2.24, 2.45) is 0 Å². The van der Waals surface area contributed by atoms with Gasteiger partial charge in [-0.3, -0.25) is 0 Å². The van der Waals surface area contributed by atoms with E-state index in [1.54, 1.807) is 0 Å². The summed E-state index contributed by atoms with van der Waals surface area (Å²) in [7, 11) is -5.41.